The number of rotatable bonds is 4. The first-order chi connectivity index (χ1) is 8.64. The van der Waals surface area contributed by atoms with Crippen LogP contribution in [0.3, 0.4) is 0 Å². The van der Waals surface area contributed by atoms with E-state index in [1.165, 1.54) is 12.0 Å². The molecule has 1 saturated carbocycles. The van der Waals surface area contributed by atoms with Crippen LogP contribution in [0.1, 0.15) is 30.4 Å². The van der Waals surface area contributed by atoms with Crippen molar-refractivity contribution in [3.05, 3.63) is 23.3 Å². The summed E-state index contributed by atoms with van der Waals surface area (Å²) in [6, 6.07) is 6.47. The molecule has 0 unspecified atom stereocenters. The third-order valence-electron chi connectivity index (χ3n) is 3.92. The van der Waals surface area contributed by atoms with Gasteiger partial charge in [-0.15, -0.1) is 0 Å². The van der Waals surface area contributed by atoms with Gasteiger partial charge in [0.1, 0.15) is 0 Å². The third-order valence-corrected chi connectivity index (χ3v) is 3.92. The molecule has 2 rings (SSSR count). The van der Waals surface area contributed by atoms with Gasteiger partial charge in [0.15, 0.2) is 11.5 Å². The summed E-state index contributed by atoms with van der Waals surface area (Å²) in [6.45, 7) is 2.06. The van der Waals surface area contributed by atoms with Crippen molar-refractivity contribution in [2.24, 2.45) is 5.41 Å². The topological polar surface area (TPSA) is 42.2 Å². The Bertz CT molecular complexity index is 484. The predicted molar refractivity (Wildman–Crippen MR) is 69.9 cm³/mol. The summed E-state index contributed by atoms with van der Waals surface area (Å²) in [6.07, 6.45) is 4.00. The van der Waals surface area contributed by atoms with Crippen molar-refractivity contribution in [1.29, 1.82) is 5.26 Å². The van der Waals surface area contributed by atoms with E-state index in [-0.39, 0.29) is 5.41 Å². The SMILES string of the molecule is COc1cc(C)c(CC2(C#N)CCC2)cc1OC. The van der Waals surface area contributed by atoms with Crippen molar-refractivity contribution in [1.82, 2.24) is 0 Å². The fraction of sp³-hybridized carbons (Fsp3) is 0.533. The van der Waals surface area contributed by atoms with Crippen LogP contribution in [-0.4, -0.2) is 14.2 Å². The van der Waals surface area contributed by atoms with Crippen molar-refractivity contribution in [2.75, 3.05) is 14.2 Å². The molecule has 1 aromatic rings. The van der Waals surface area contributed by atoms with E-state index in [2.05, 4.69) is 13.0 Å². The molecule has 1 fully saturated rings. The molecule has 0 saturated heterocycles. The van der Waals surface area contributed by atoms with Crippen LogP contribution in [0.15, 0.2) is 12.1 Å². The number of nitriles is 1. The maximum atomic E-state index is 9.31. The van der Waals surface area contributed by atoms with E-state index in [0.717, 1.165) is 36.3 Å². The second-order valence-electron chi connectivity index (χ2n) is 5.06. The van der Waals surface area contributed by atoms with Gasteiger partial charge in [-0.3, -0.25) is 0 Å². The highest BCUT2D eigenvalue weighted by atomic mass is 16.5. The molecule has 0 aliphatic heterocycles. The van der Waals surface area contributed by atoms with Crippen molar-refractivity contribution in [2.45, 2.75) is 32.6 Å². The van der Waals surface area contributed by atoms with Gasteiger partial charge in [0.2, 0.25) is 0 Å². The first-order valence-electron chi connectivity index (χ1n) is 6.27. The zero-order valence-electron chi connectivity index (χ0n) is 11.2. The van der Waals surface area contributed by atoms with E-state index in [1.54, 1.807) is 14.2 Å². The Morgan fingerprint density at radius 3 is 2.28 bits per heavy atom. The molecule has 18 heavy (non-hydrogen) atoms. The smallest absolute Gasteiger partial charge is 0.161 e. The molecule has 0 N–H and O–H groups in total. The molecule has 0 spiro atoms. The lowest BCUT2D eigenvalue weighted by atomic mass is 9.66. The summed E-state index contributed by atoms with van der Waals surface area (Å²) in [5, 5.41) is 9.31. The minimum Gasteiger partial charge on any atom is -0.493 e. The standard InChI is InChI=1S/C15H19NO2/c1-11-7-13(17-2)14(18-3)8-12(11)9-15(10-16)5-4-6-15/h7-8H,4-6,9H2,1-3H3. The zero-order chi connectivity index (χ0) is 13.2. The quantitative estimate of drug-likeness (QED) is 0.817. The molecule has 0 aromatic heterocycles. The average molecular weight is 245 g/mol. The van der Waals surface area contributed by atoms with Crippen LogP contribution in [-0.2, 0) is 6.42 Å². The molecule has 96 valence electrons. The molecule has 0 atom stereocenters. The number of benzene rings is 1. The molecular weight excluding hydrogens is 226 g/mol. The number of methoxy groups -OCH3 is 2. The molecule has 1 aliphatic carbocycles. The molecule has 0 heterocycles. The number of hydrogen-bond donors (Lipinski definition) is 0. The van der Waals surface area contributed by atoms with Gasteiger partial charge in [0.05, 0.1) is 25.7 Å². The molecular formula is C15H19NO2. The van der Waals surface area contributed by atoms with Crippen LogP contribution in [0, 0.1) is 23.7 Å². The predicted octanol–water partition coefficient (Wildman–Crippen LogP) is 3.25. The van der Waals surface area contributed by atoms with Crippen LogP contribution in [0.5, 0.6) is 11.5 Å². The van der Waals surface area contributed by atoms with Crippen molar-refractivity contribution < 1.29 is 9.47 Å². The molecule has 0 radical (unpaired) electrons. The van der Waals surface area contributed by atoms with Gasteiger partial charge in [-0.05, 0) is 49.4 Å². The Morgan fingerprint density at radius 1 is 1.22 bits per heavy atom. The van der Waals surface area contributed by atoms with Gasteiger partial charge in [0.25, 0.3) is 0 Å². The van der Waals surface area contributed by atoms with E-state index in [4.69, 9.17) is 9.47 Å². The average Bonchev–Trinajstić information content (AvgIpc) is 2.35. The summed E-state index contributed by atoms with van der Waals surface area (Å²) in [7, 11) is 3.28. The molecule has 3 heteroatoms. The third kappa shape index (κ3) is 2.15. The van der Waals surface area contributed by atoms with E-state index in [1.807, 2.05) is 12.1 Å². The van der Waals surface area contributed by atoms with Crippen LogP contribution in [0.2, 0.25) is 0 Å². The first kappa shape index (κ1) is 12.8. The summed E-state index contributed by atoms with van der Waals surface area (Å²) in [5.41, 5.74) is 2.20. The minimum atomic E-state index is -0.148. The maximum absolute atomic E-state index is 9.31. The van der Waals surface area contributed by atoms with Gasteiger partial charge in [0, 0.05) is 0 Å². The van der Waals surface area contributed by atoms with Crippen LogP contribution < -0.4 is 9.47 Å². The highest BCUT2D eigenvalue weighted by Crippen LogP contribution is 2.44. The van der Waals surface area contributed by atoms with Crippen LogP contribution >= 0.6 is 0 Å². The van der Waals surface area contributed by atoms with Crippen molar-refractivity contribution >= 4 is 0 Å². The zero-order valence-corrected chi connectivity index (χ0v) is 11.2. The summed E-state index contributed by atoms with van der Waals surface area (Å²) in [5.74, 6) is 1.49. The highest BCUT2D eigenvalue weighted by Gasteiger charge is 2.37. The molecule has 0 bridgehead atoms. The van der Waals surface area contributed by atoms with E-state index < -0.39 is 0 Å². The number of aryl methyl sites for hydroxylation is 1. The summed E-state index contributed by atoms with van der Waals surface area (Å²) < 4.78 is 10.6. The highest BCUT2D eigenvalue weighted by molar-refractivity contribution is 5.47. The van der Waals surface area contributed by atoms with E-state index >= 15 is 0 Å². The van der Waals surface area contributed by atoms with Gasteiger partial charge < -0.3 is 9.47 Å². The fourth-order valence-electron chi connectivity index (χ4n) is 2.51. The number of nitrogens with zero attached hydrogens (tertiary/aromatic N) is 1. The van der Waals surface area contributed by atoms with Crippen LogP contribution in [0.4, 0.5) is 0 Å². The first-order valence-corrected chi connectivity index (χ1v) is 6.27. The fourth-order valence-corrected chi connectivity index (χ4v) is 2.51. The lowest BCUT2D eigenvalue weighted by Crippen LogP contribution is -2.30. The van der Waals surface area contributed by atoms with Gasteiger partial charge >= 0.3 is 0 Å². The Kier molecular flexibility index (Phi) is 3.47. The number of ether oxygens (including phenoxy) is 2. The van der Waals surface area contributed by atoms with E-state index in [9.17, 15) is 5.26 Å². The van der Waals surface area contributed by atoms with Crippen LogP contribution in [0.25, 0.3) is 0 Å². The minimum absolute atomic E-state index is 0.148. The molecule has 1 aliphatic rings. The molecule has 1 aromatic carbocycles. The largest absolute Gasteiger partial charge is 0.493 e. The van der Waals surface area contributed by atoms with Crippen molar-refractivity contribution in [3.63, 3.8) is 0 Å². The Labute approximate surface area is 108 Å². The van der Waals surface area contributed by atoms with Gasteiger partial charge in [-0.25, -0.2) is 0 Å². The Morgan fingerprint density at radius 2 is 1.83 bits per heavy atom. The van der Waals surface area contributed by atoms with Gasteiger partial charge in [-0.2, -0.15) is 5.26 Å². The normalized spacial score (nSPS) is 16.6. The monoisotopic (exact) mass is 245 g/mol. The lowest BCUT2D eigenvalue weighted by molar-refractivity contribution is 0.213. The van der Waals surface area contributed by atoms with Gasteiger partial charge in [-0.1, -0.05) is 6.42 Å². The van der Waals surface area contributed by atoms with E-state index in [0.29, 0.717) is 0 Å². The van der Waals surface area contributed by atoms with Crippen molar-refractivity contribution in [3.8, 4) is 17.6 Å². The molecule has 0 amide bonds. The number of hydrogen-bond acceptors (Lipinski definition) is 3. The Hall–Kier alpha value is -1.69. The lowest BCUT2D eigenvalue weighted by Gasteiger charge is -2.35. The Balaban J connectivity index is 2.31. The second kappa shape index (κ2) is 4.89. The summed E-state index contributed by atoms with van der Waals surface area (Å²) in [4.78, 5) is 0. The second-order valence-corrected chi connectivity index (χ2v) is 5.06. The molecule has 3 nitrogen and oxygen atoms in total. The maximum Gasteiger partial charge on any atom is 0.161 e. The summed E-state index contributed by atoms with van der Waals surface area (Å²) >= 11 is 0.